The van der Waals surface area contributed by atoms with Crippen molar-refractivity contribution in [1.29, 1.82) is 0 Å². The van der Waals surface area contributed by atoms with E-state index in [1.807, 2.05) is 18.2 Å². The van der Waals surface area contributed by atoms with Gasteiger partial charge in [0, 0.05) is 35.2 Å². The molecular formula is C31H35ClN2. The Bertz CT molecular complexity index is 1180. The van der Waals surface area contributed by atoms with Gasteiger partial charge in [0.1, 0.15) is 0 Å². The molecule has 4 rings (SSSR count). The van der Waals surface area contributed by atoms with Gasteiger partial charge in [-0.3, -0.25) is 0 Å². The van der Waals surface area contributed by atoms with Gasteiger partial charge >= 0.3 is 0 Å². The molecule has 1 aliphatic heterocycles. The van der Waals surface area contributed by atoms with Crippen LogP contribution in [0.15, 0.2) is 86.0 Å². The number of hydrogen-bond donors (Lipinski definition) is 0. The second-order valence-corrected chi connectivity index (χ2v) is 9.38. The topological polar surface area (TPSA) is 6.48 Å². The highest BCUT2D eigenvalue weighted by Gasteiger charge is 2.24. The van der Waals surface area contributed by atoms with Gasteiger partial charge in [0.05, 0.1) is 0 Å². The SMILES string of the molecule is C=C/C=C(\C=C)c1ccc(-c2cc(N3CCC(N(CC)CC)CC3)c3ccc(Cl)cc3c2)cc1. The molecule has 0 unspecified atom stereocenters. The van der Waals surface area contributed by atoms with Crippen molar-refractivity contribution < 1.29 is 0 Å². The number of anilines is 1. The fraction of sp³-hybridized carbons (Fsp3) is 0.290. The lowest BCUT2D eigenvalue weighted by Gasteiger charge is -2.39. The number of benzene rings is 3. The van der Waals surface area contributed by atoms with Gasteiger partial charge in [-0.05, 0) is 77.8 Å². The molecule has 0 spiro atoms. The quantitative estimate of drug-likeness (QED) is 0.306. The predicted molar refractivity (Wildman–Crippen MR) is 151 cm³/mol. The van der Waals surface area contributed by atoms with Gasteiger partial charge < -0.3 is 9.80 Å². The molecule has 0 N–H and O–H groups in total. The van der Waals surface area contributed by atoms with E-state index in [2.05, 4.69) is 85.3 Å². The Morgan fingerprint density at radius 3 is 2.29 bits per heavy atom. The number of allylic oxidation sites excluding steroid dienone is 4. The van der Waals surface area contributed by atoms with Gasteiger partial charge in [0.15, 0.2) is 0 Å². The van der Waals surface area contributed by atoms with E-state index in [0.29, 0.717) is 6.04 Å². The van der Waals surface area contributed by atoms with E-state index in [1.54, 1.807) is 6.08 Å². The van der Waals surface area contributed by atoms with Crippen molar-refractivity contribution in [3.05, 3.63) is 96.6 Å². The minimum absolute atomic E-state index is 0.686. The van der Waals surface area contributed by atoms with Crippen LogP contribution in [0.5, 0.6) is 0 Å². The molecule has 0 atom stereocenters. The van der Waals surface area contributed by atoms with E-state index < -0.39 is 0 Å². The molecule has 0 aromatic heterocycles. The molecular weight excluding hydrogens is 436 g/mol. The van der Waals surface area contributed by atoms with Gasteiger partial charge in [-0.25, -0.2) is 0 Å². The maximum atomic E-state index is 6.40. The highest BCUT2D eigenvalue weighted by Crippen LogP contribution is 2.36. The molecule has 1 saturated heterocycles. The summed E-state index contributed by atoms with van der Waals surface area (Å²) in [5.74, 6) is 0. The number of hydrogen-bond acceptors (Lipinski definition) is 2. The zero-order chi connectivity index (χ0) is 24.1. The van der Waals surface area contributed by atoms with E-state index in [4.69, 9.17) is 11.6 Å². The van der Waals surface area contributed by atoms with E-state index in [-0.39, 0.29) is 0 Å². The Hall–Kier alpha value is -2.81. The van der Waals surface area contributed by atoms with Crippen LogP contribution in [0.2, 0.25) is 5.02 Å². The first kappa shape index (κ1) is 24.3. The second-order valence-electron chi connectivity index (χ2n) is 8.94. The third kappa shape index (κ3) is 5.14. The molecule has 3 heteroatoms. The Morgan fingerprint density at radius 1 is 0.971 bits per heavy atom. The third-order valence-electron chi connectivity index (χ3n) is 7.10. The first-order valence-corrected chi connectivity index (χ1v) is 12.7. The molecule has 0 amide bonds. The molecule has 3 aromatic carbocycles. The maximum Gasteiger partial charge on any atom is 0.0452 e. The highest BCUT2D eigenvalue weighted by molar-refractivity contribution is 6.31. The zero-order valence-electron chi connectivity index (χ0n) is 20.4. The van der Waals surface area contributed by atoms with Crippen LogP contribution in [0, 0.1) is 0 Å². The molecule has 0 radical (unpaired) electrons. The fourth-order valence-corrected chi connectivity index (χ4v) is 5.41. The molecule has 3 aromatic rings. The van der Waals surface area contributed by atoms with Crippen LogP contribution >= 0.6 is 11.6 Å². The molecule has 0 saturated carbocycles. The van der Waals surface area contributed by atoms with Crippen molar-refractivity contribution in [2.24, 2.45) is 0 Å². The molecule has 2 nitrogen and oxygen atoms in total. The van der Waals surface area contributed by atoms with E-state index in [0.717, 1.165) is 42.3 Å². The van der Waals surface area contributed by atoms with Crippen LogP contribution in [0.3, 0.4) is 0 Å². The van der Waals surface area contributed by atoms with Crippen LogP contribution in [0.1, 0.15) is 32.3 Å². The summed E-state index contributed by atoms with van der Waals surface area (Å²) < 4.78 is 0. The highest BCUT2D eigenvalue weighted by atomic mass is 35.5. The lowest BCUT2D eigenvalue weighted by Crippen LogP contribution is -2.44. The molecule has 1 aliphatic rings. The number of nitrogens with zero attached hydrogens (tertiary/aromatic N) is 2. The predicted octanol–water partition coefficient (Wildman–Crippen LogP) is 8.23. The third-order valence-corrected chi connectivity index (χ3v) is 7.33. The lowest BCUT2D eigenvalue weighted by atomic mass is 9.95. The largest absolute Gasteiger partial charge is 0.371 e. The van der Waals surface area contributed by atoms with Crippen molar-refractivity contribution in [3.63, 3.8) is 0 Å². The molecule has 176 valence electrons. The van der Waals surface area contributed by atoms with Crippen LogP contribution in [0.4, 0.5) is 5.69 Å². The second kappa shape index (κ2) is 11.1. The summed E-state index contributed by atoms with van der Waals surface area (Å²) in [7, 11) is 0. The molecule has 0 bridgehead atoms. The first-order valence-electron chi connectivity index (χ1n) is 12.4. The molecule has 0 aliphatic carbocycles. The van der Waals surface area contributed by atoms with E-state index >= 15 is 0 Å². The first-order chi connectivity index (χ1) is 16.6. The van der Waals surface area contributed by atoms with Crippen LogP contribution in [-0.4, -0.2) is 37.1 Å². The maximum absolute atomic E-state index is 6.40. The van der Waals surface area contributed by atoms with Crippen LogP contribution in [-0.2, 0) is 0 Å². The lowest BCUT2D eigenvalue weighted by molar-refractivity contribution is 0.186. The Balaban J connectivity index is 1.69. The van der Waals surface area contributed by atoms with Crippen molar-refractivity contribution in [2.45, 2.75) is 32.7 Å². The number of halogens is 1. The van der Waals surface area contributed by atoms with Gasteiger partial charge in [-0.1, -0.05) is 87.2 Å². The van der Waals surface area contributed by atoms with Crippen molar-refractivity contribution >= 4 is 33.6 Å². The van der Waals surface area contributed by atoms with Gasteiger partial charge in [-0.2, -0.15) is 0 Å². The monoisotopic (exact) mass is 470 g/mol. The summed E-state index contributed by atoms with van der Waals surface area (Å²) in [6.45, 7) is 16.7. The van der Waals surface area contributed by atoms with E-state index in [9.17, 15) is 0 Å². The smallest absolute Gasteiger partial charge is 0.0452 e. The zero-order valence-corrected chi connectivity index (χ0v) is 21.2. The average Bonchev–Trinajstić information content (AvgIpc) is 2.87. The van der Waals surface area contributed by atoms with Gasteiger partial charge in [-0.15, -0.1) is 0 Å². The minimum atomic E-state index is 0.686. The van der Waals surface area contributed by atoms with Crippen LogP contribution in [0.25, 0.3) is 27.5 Å². The molecule has 1 heterocycles. The Labute approximate surface area is 209 Å². The number of fused-ring (bicyclic) bond motifs is 1. The Kier molecular flexibility index (Phi) is 7.92. The molecule has 1 fully saturated rings. The fourth-order valence-electron chi connectivity index (χ4n) is 5.22. The van der Waals surface area contributed by atoms with Crippen molar-refractivity contribution in [2.75, 3.05) is 31.1 Å². The number of piperidine rings is 1. The van der Waals surface area contributed by atoms with E-state index in [1.165, 1.54) is 40.4 Å². The summed E-state index contributed by atoms with van der Waals surface area (Å²) in [6, 6.07) is 20.3. The normalized spacial score (nSPS) is 15.2. The standard InChI is InChI=1S/C31H35ClN2/c1-5-9-23(6-2)24-10-12-25(13-11-24)26-20-27-21-28(32)14-15-30(27)31(22-26)34-18-16-29(17-19-34)33(7-3)8-4/h5-6,9-15,20-22,29H,1-2,7-8,16-19H2,3-4H3/b23-9+. The van der Waals surface area contributed by atoms with Crippen molar-refractivity contribution in [1.82, 2.24) is 4.90 Å². The summed E-state index contributed by atoms with van der Waals surface area (Å²) in [5, 5.41) is 3.23. The summed E-state index contributed by atoms with van der Waals surface area (Å²) >= 11 is 6.40. The average molecular weight is 471 g/mol. The minimum Gasteiger partial charge on any atom is -0.371 e. The Morgan fingerprint density at radius 2 is 1.68 bits per heavy atom. The molecule has 34 heavy (non-hydrogen) atoms. The van der Waals surface area contributed by atoms with Gasteiger partial charge in [0.2, 0.25) is 0 Å². The summed E-state index contributed by atoms with van der Waals surface area (Å²) in [4.78, 5) is 5.17. The summed E-state index contributed by atoms with van der Waals surface area (Å²) in [5.41, 5.74) is 5.94. The number of rotatable bonds is 8. The van der Waals surface area contributed by atoms with Gasteiger partial charge in [0.25, 0.3) is 0 Å². The summed E-state index contributed by atoms with van der Waals surface area (Å²) in [6.07, 6.45) is 8.06. The van der Waals surface area contributed by atoms with Crippen molar-refractivity contribution in [3.8, 4) is 11.1 Å². The van der Waals surface area contributed by atoms with Crippen LogP contribution < -0.4 is 4.90 Å².